The zero-order chi connectivity index (χ0) is 12.9. The first-order valence-electron chi connectivity index (χ1n) is 5.16. The lowest BCUT2D eigenvalue weighted by Gasteiger charge is -2.28. The van der Waals surface area contributed by atoms with E-state index >= 15 is 0 Å². The number of aliphatic hydroxyl groups excluding tert-OH is 5. The zero-order valence-corrected chi connectivity index (χ0v) is 9.87. The highest BCUT2D eigenvalue weighted by atomic mass is 16.5. The summed E-state index contributed by atoms with van der Waals surface area (Å²) in [5.74, 6) is 0. The molecule has 0 aliphatic carbocycles. The molecule has 4 atom stereocenters. The quantitative estimate of drug-likeness (QED) is 0.375. The molecule has 0 aliphatic heterocycles. The van der Waals surface area contributed by atoms with Gasteiger partial charge in [-0.15, -0.1) is 0 Å². The van der Waals surface area contributed by atoms with Gasteiger partial charge in [0.05, 0.1) is 18.8 Å². The van der Waals surface area contributed by atoms with E-state index < -0.39 is 36.6 Å². The summed E-state index contributed by atoms with van der Waals surface area (Å²) in [6.07, 6.45) is -5.98. The van der Waals surface area contributed by atoms with Gasteiger partial charge in [0.1, 0.15) is 24.4 Å². The van der Waals surface area contributed by atoms with E-state index in [-0.39, 0.29) is 6.61 Å². The smallest absolute Gasteiger partial charge is 0.111 e. The molecule has 0 aromatic carbocycles. The van der Waals surface area contributed by atoms with Crippen molar-refractivity contribution in [2.24, 2.45) is 0 Å². The van der Waals surface area contributed by atoms with E-state index in [0.29, 0.717) is 0 Å². The Labute approximate surface area is 95.1 Å². The molecule has 0 fully saturated rings. The van der Waals surface area contributed by atoms with E-state index in [4.69, 9.17) is 14.9 Å². The third-order valence-electron chi connectivity index (χ3n) is 2.01. The molecule has 0 aromatic heterocycles. The van der Waals surface area contributed by atoms with E-state index in [1.54, 1.807) is 20.8 Å². The minimum Gasteiger partial charge on any atom is -0.394 e. The van der Waals surface area contributed by atoms with Crippen molar-refractivity contribution in [1.29, 1.82) is 0 Å². The summed E-state index contributed by atoms with van der Waals surface area (Å²) in [5.41, 5.74) is -0.471. The Morgan fingerprint density at radius 3 is 1.75 bits per heavy atom. The molecule has 0 aliphatic rings. The highest BCUT2D eigenvalue weighted by Gasteiger charge is 2.30. The Kier molecular flexibility index (Phi) is 6.39. The molecule has 0 amide bonds. The van der Waals surface area contributed by atoms with Crippen molar-refractivity contribution in [3.05, 3.63) is 0 Å². The second kappa shape index (κ2) is 6.48. The molecule has 0 heterocycles. The lowest BCUT2D eigenvalue weighted by molar-refractivity contribution is -0.142. The van der Waals surface area contributed by atoms with Crippen LogP contribution in [0.5, 0.6) is 0 Å². The lowest BCUT2D eigenvalue weighted by Crippen LogP contribution is -2.48. The van der Waals surface area contributed by atoms with Crippen LogP contribution >= 0.6 is 0 Å². The predicted molar refractivity (Wildman–Crippen MR) is 56.8 cm³/mol. The van der Waals surface area contributed by atoms with Crippen LogP contribution in [-0.4, -0.2) is 68.8 Å². The molecular weight excluding hydrogens is 216 g/mol. The maximum Gasteiger partial charge on any atom is 0.111 e. The molecule has 4 unspecified atom stereocenters. The van der Waals surface area contributed by atoms with Gasteiger partial charge >= 0.3 is 0 Å². The van der Waals surface area contributed by atoms with Crippen molar-refractivity contribution in [1.82, 2.24) is 0 Å². The Hall–Kier alpha value is -0.240. The molecule has 0 saturated heterocycles. The minimum absolute atomic E-state index is 0.167. The van der Waals surface area contributed by atoms with Crippen LogP contribution < -0.4 is 0 Å². The van der Waals surface area contributed by atoms with Crippen molar-refractivity contribution < 1.29 is 30.3 Å². The summed E-state index contributed by atoms with van der Waals surface area (Å²) in [4.78, 5) is 0. The van der Waals surface area contributed by atoms with Gasteiger partial charge < -0.3 is 30.3 Å². The van der Waals surface area contributed by atoms with Crippen molar-refractivity contribution in [2.75, 3.05) is 13.2 Å². The topological polar surface area (TPSA) is 110 Å². The van der Waals surface area contributed by atoms with Crippen LogP contribution in [-0.2, 0) is 4.74 Å². The molecular formula is C10H22O6. The van der Waals surface area contributed by atoms with Gasteiger partial charge in [-0.1, -0.05) is 0 Å². The van der Waals surface area contributed by atoms with Gasteiger partial charge in [0, 0.05) is 0 Å². The molecule has 16 heavy (non-hydrogen) atoms. The number of aliphatic hydroxyl groups is 5. The minimum atomic E-state index is -1.61. The van der Waals surface area contributed by atoms with E-state index in [1.165, 1.54) is 0 Å². The fourth-order valence-electron chi connectivity index (χ4n) is 0.997. The molecule has 0 saturated carbocycles. The fraction of sp³-hybridized carbons (Fsp3) is 1.00. The number of hydrogen-bond acceptors (Lipinski definition) is 6. The van der Waals surface area contributed by atoms with Crippen molar-refractivity contribution >= 4 is 0 Å². The molecule has 0 radical (unpaired) electrons. The summed E-state index contributed by atoms with van der Waals surface area (Å²) < 4.78 is 5.21. The third kappa shape index (κ3) is 5.74. The van der Waals surface area contributed by atoms with Crippen LogP contribution in [0.15, 0.2) is 0 Å². The third-order valence-corrected chi connectivity index (χ3v) is 2.01. The predicted octanol–water partition coefficient (Wildman–Crippen LogP) is -1.76. The fourth-order valence-corrected chi connectivity index (χ4v) is 0.997. The average Bonchev–Trinajstić information content (AvgIpc) is 2.21. The summed E-state index contributed by atoms with van der Waals surface area (Å²) in [5, 5.41) is 45.8. The normalized spacial score (nSPS) is 20.2. The van der Waals surface area contributed by atoms with Crippen LogP contribution in [0.25, 0.3) is 0 Å². The lowest BCUT2D eigenvalue weighted by atomic mass is 10.0. The molecule has 5 N–H and O–H groups in total. The highest BCUT2D eigenvalue weighted by molar-refractivity contribution is 4.80. The number of ether oxygens (including phenoxy) is 1. The van der Waals surface area contributed by atoms with Gasteiger partial charge in [-0.2, -0.15) is 0 Å². The van der Waals surface area contributed by atoms with Gasteiger partial charge in [-0.25, -0.2) is 0 Å². The number of rotatable bonds is 6. The maximum absolute atomic E-state index is 9.47. The summed E-state index contributed by atoms with van der Waals surface area (Å²) in [6, 6.07) is 0. The van der Waals surface area contributed by atoms with Gasteiger partial charge in [0.25, 0.3) is 0 Å². The van der Waals surface area contributed by atoms with Crippen LogP contribution in [0.1, 0.15) is 20.8 Å². The van der Waals surface area contributed by atoms with E-state index in [0.717, 1.165) is 0 Å². The standard InChI is InChI=1S/C10H22O6/c1-10(2,3)16-5-7(13)9(15)8(14)6(12)4-11/h6-9,11-15H,4-5H2,1-3H3. The maximum atomic E-state index is 9.47. The molecule has 6 nitrogen and oxygen atoms in total. The molecule has 98 valence electrons. The second-order valence-electron chi connectivity index (χ2n) is 4.72. The zero-order valence-electron chi connectivity index (χ0n) is 9.87. The van der Waals surface area contributed by atoms with E-state index in [2.05, 4.69) is 0 Å². The van der Waals surface area contributed by atoms with Crippen molar-refractivity contribution in [3.63, 3.8) is 0 Å². The Morgan fingerprint density at radius 1 is 0.938 bits per heavy atom. The largest absolute Gasteiger partial charge is 0.394 e. The van der Waals surface area contributed by atoms with Gasteiger partial charge in [-0.3, -0.25) is 0 Å². The molecule has 0 rings (SSSR count). The van der Waals surface area contributed by atoms with Gasteiger partial charge in [0.2, 0.25) is 0 Å². The Balaban J connectivity index is 4.12. The summed E-state index contributed by atoms with van der Waals surface area (Å²) in [7, 11) is 0. The first-order chi connectivity index (χ1) is 7.19. The Morgan fingerprint density at radius 2 is 1.38 bits per heavy atom. The van der Waals surface area contributed by atoms with Crippen LogP contribution in [0, 0.1) is 0 Å². The summed E-state index contributed by atoms with van der Waals surface area (Å²) in [6.45, 7) is 4.49. The molecule has 6 heteroatoms. The molecule has 0 spiro atoms. The van der Waals surface area contributed by atoms with Crippen molar-refractivity contribution in [3.8, 4) is 0 Å². The number of hydrogen-bond donors (Lipinski definition) is 5. The monoisotopic (exact) mass is 238 g/mol. The molecule has 0 bridgehead atoms. The van der Waals surface area contributed by atoms with E-state index in [9.17, 15) is 15.3 Å². The summed E-state index contributed by atoms with van der Waals surface area (Å²) >= 11 is 0. The first-order valence-corrected chi connectivity index (χ1v) is 5.16. The van der Waals surface area contributed by atoms with Gasteiger partial charge in [0.15, 0.2) is 0 Å². The van der Waals surface area contributed by atoms with Crippen LogP contribution in [0.4, 0.5) is 0 Å². The Bertz CT molecular complexity index is 190. The molecule has 0 aromatic rings. The van der Waals surface area contributed by atoms with E-state index in [1.807, 2.05) is 0 Å². The highest BCUT2D eigenvalue weighted by Crippen LogP contribution is 2.11. The van der Waals surface area contributed by atoms with Crippen LogP contribution in [0.2, 0.25) is 0 Å². The average molecular weight is 238 g/mol. The van der Waals surface area contributed by atoms with Gasteiger partial charge in [-0.05, 0) is 20.8 Å². The SMILES string of the molecule is CC(C)(C)OCC(O)C(O)C(O)C(O)CO. The van der Waals surface area contributed by atoms with Crippen molar-refractivity contribution in [2.45, 2.75) is 50.8 Å². The second-order valence-corrected chi connectivity index (χ2v) is 4.72. The van der Waals surface area contributed by atoms with Crippen LogP contribution in [0.3, 0.4) is 0 Å². The first kappa shape index (κ1) is 15.8.